The van der Waals surface area contributed by atoms with Crippen molar-refractivity contribution in [1.82, 2.24) is 25.1 Å². The van der Waals surface area contributed by atoms with Crippen molar-refractivity contribution in [2.45, 2.75) is 13.0 Å². The summed E-state index contributed by atoms with van der Waals surface area (Å²) in [6.07, 6.45) is 4.62. The molecule has 2 heterocycles. The van der Waals surface area contributed by atoms with Gasteiger partial charge in [0.15, 0.2) is 5.96 Å². The van der Waals surface area contributed by atoms with Crippen LogP contribution in [0.3, 0.4) is 0 Å². The number of halogens is 1. The minimum absolute atomic E-state index is 0.210. The van der Waals surface area contributed by atoms with Gasteiger partial charge in [-0.1, -0.05) is 12.1 Å². The molecule has 1 aliphatic heterocycles. The van der Waals surface area contributed by atoms with Crippen molar-refractivity contribution in [3.63, 3.8) is 0 Å². The summed E-state index contributed by atoms with van der Waals surface area (Å²) >= 11 is 0. The van der Waals surface area contributed by atoms with Crippen LogP contribution in [0.1, 0.15) is 12.0 Å². The number of benzene rings is 1. The summed E-state index contributed by atoms with van der Waals surface area (Å²) < 4.78 is 13.4. The minimum atomic E-state index is -0.210. The zero-order valence-electron chi connectivity index (χ0n) is 17.3. The molecule has 1 N–H and O–H groups in total. The van der Waals surface area contributed by atoms with E-state index in [0.717, 1.165) is 63.2 Å². The SMILES string of the molecule is CN=C(NCCCN1CCN(c2ncccn2)CC1)N(C)Cc1cccc(F)c1. The molecule has 1 aromatic heterocycles. The van der Waals surface area contributed by atoms with Gasteiger partial charge in [-0.05, 0) is 36.7 Å². The first-order valence-electron chi connectivity index (χ1n) is 10.1. The highest BCUT2D eigenvalue weighted by Gasteiger charge is 2.18. The smallest absolute Gasteiger partial charge is 0.225 e. The summed E-state index contributed by atoms with van der Waals surface area (Å²) in [6, 6.07) is 8.52. The molecule has 1 aromatic carbocycles. The van der Waals surface area contributed by atoms with Gasteiger partial charge >= 0.3 is 0 Å². The molecule has 0 spiro atoms. The third kappa shape index (κ3) is 6.39. The van der Waals surface area contributed by atoms with Gasteiger partial charge in [0.1, 0.15) is 5.82 Å². The van der Waals surface area contributed by atoms with Crippen molar-refractivity contribution in [1.29, 1.82) is 0 Å². The molecule has 1 fully saturated rings. The number of hydrogen-bond donors (Lipinski definition) is 1. The van der Waals surface area contributed by atoms with Gasteiger partial charge in [-0.15, -0.1) is 0 Å². The Morgan fingerprint density at radius 2 is 1.93 bits per heavy atom. The maximum absolute atomic E-state index is 13.4. The molecule has 8 heteroatoms. The molecule has 1 saturated heterocycles. The second-order valence-corrected chi connectivity index (χ2v) is 7.19. The molecule has 2 aromatic rings. The Kier molecular flexibility index (Phi) is 7.75. The molecule has 0 aliphatic carbocycles. The Labute approximate surface area is 172 Å². The lowest BCUT2D eigenvalue weighted by Gasteiger charge is -2.34. The fourth-order valence-corrected chi connectivity index (χ4v) is 3.50. The lowest BCUT2D eigenvalue weighted by atomic mass is 10.2. The topological polar surface area (TPSA) is 59.9 Å². The van der Waals surface area contributed by atoms with Gasteiger partial charge in [0, 0.05) is 65.8 Å². The molecule has 0 unspecified atom stereocenters. The average molecular weight is 400 g/mol. The summed E-state index contributed by atoms with van der Waals surface area (Å²) in [6.45, 7) is 6.45. The number of hydrogen-bond acceptors (Lipinski definition) is 5. The first-order chi connectivity index (χ1) is 14.2. The van der Waals surface area contributed by atoms with E-state index in [-0.39, 0.29) is 5.82 Å². The molecule has 156 valence electrons. The van der Waals surface area contributed by atoms with Crippen LogP contribution in [-0.2, 0) is 6.54 Å². The largest absolute Gasteiger partial charge is 0.356 e. The normalized spacial score (nSPS) is 15.4. The van der Waals surface area contributed by atoms with Crippen LogP contribution in [0.15, 0.2) is 47.7 Å². The summed E-state index contributed by atoms with van der Waals surface area (Å²) in [4.78, 5) is 19.7. The second-order valence-electron chi connectivity index (χ2n) is 7.19. The van der Waals surface area contributed by atoms with Gasteiger partial charge in [0.2, 0.25) is 5.95 Å². The number of guanidine groups is 1. The Morgan fingerprint density at radius 1 is 1.17 bits per heavy atom. The van der Waals surface area contributed by atoms with Crippen LogP contribution in [0.25, 0.3) is 0 Å². The molecule has 0 bridgehead atoms. The van der Waals surface area contributed by atoms with E-state index >= 15 is 0 Å². The molecular weight excluding hydrogens is 369 g/mol. The van der Waals surface area contributed by atoms with Crippen molar-refractivity contribution in [3.05, 3.63) is 54.1 Å². The van der Waals surface area contributed by atoms with Crippen molar-refractivity contribution in [3.8, 4) is 0 Å². The predicted molar refractivity (Wildman–Crippen MR) is 115 cm³/mol. The van der Waals surface area contributed by atoms with Gasteiger partial charge in [-0.25, -0.2) is 14.4 Å². The second kappa shape index (κ2) is 10.7. The molecular formula is C21H30FN7. The highest BCUT2D eigenvalue weighted by molar-refractivity contribution is 5.79. The van der Waals surface area contributed by atoms with E-state index in [0.29, 0.717) is 6.54 Å². The summed E-state index contributed by atoms with van der Waals surface area (Å²) in [5, 5.41) is 3.40. The predicted octanol–water partition coefficient (Wildman–Crippen LogP) is 1.84. The molecule has 0 amide bonds. The van der Waals surface area contributed by atoms with E-state index in [1.165, 1.54) is 6.07 Å². The molecule has 3 rings (SSSR count). The fraction of sp³-hybridized carbons (Fsp3) is 0.476. The zero-order valence-corrected chi connectivity index (χ0v) is 17.3. The summed E-state index contributed by atoms with van der Waals surface area (Å²) in [7, 11) is 3.74. The molecule has 29 heavy (non-hydrogen) atoms. The number of aromatic nitrogens is 2. The van der Waals surface area contributed by atoms with Crippen LogP contribution < -0.4 is 10.2 Å². The third-order valence-corrected chi connectivity index (χ3v) is 5.02. The molecule has 0 saturated carbocycles. The lowest BCUT2D eigenvalue weighted by molar-refractivity contribution is 0.254. The maximum Gasteiger partial charge on any atom is 0.225 e. The first kappa shape index (κ1) is 21.0. The Hall–Kier alpha value is -2.74. The number of nitrogens with zero attached hydrogens (tertiary/aromatic N) is 6. The Morgan fingerprint density at radius 3 is 2.62 bits per heavy atom. The summed E-state index contributed by atoms with van der Waals surface area (Å²) in [5.41, 5.74) is 0.927. The molecule has 1 aliphatic rings. The maximum atomic E-state index is 13.4. The van der Waals surface area contributed by atoms with E-state index in [1.54, 1.807) is 31.6 Å². The molecule has 7 nitrogen and oxygen atoms in total. The molecule has 0 atom stereocenters. The van der Waals surface area contributed by atoms with E-state index in [2.05, 4.69) is 30.1 Å². The van der Waals surface area contributed by atoms with Crippen LogP contribution in [0, 0.1) is 5.82 Å². The molecule has 0 radical (unpaired) electrons. The van der Waals surface area contributed by atoms with Gasteiger partial charge < -0.3 is 15.1 Å². The van der Waals surface area contributed by atoms with Gasteiger partial charge in [-0.3, -0.25) is 9.89 Å². The lowest BCUT2D eigenvalue weighted by Crippen LogP contribution is -2.47. The fourth-order valence-electron chi connectivity index (χ4n) is 3.50. The first-order valence-corrected chi connectivity index (χ1v) is 10.1. The summed E-state index contributed by atoms with van der Waals surface area (Å²) in [5.74, 6) is 1.43. The number of piperazine rings is 1. The van der Waals surface area contributed by atoms with Crippen molar-refractivity contribution in [2.75, 3.05) is 58.3 Å². The third-order valence-electron chi connectivity index (χ3n) is 5.02. The zero-order chi connectivity index (χ0) is 20.5. The minimum Gasteiger partial charge on any atom is -0.356 e. The quantitative estimate of drug-likeness (QED) is 0.436. The van der Waals surface area contributed by atoms with Crippen LogP contribution >= 0.6 is 0 Å². The number of aliphatic imine (C=N–C) groups is 1. The Balaban J connectivity index is 1.35. The number of rotatable bonds is 7. The van der Waals surface area contributed by atoms with E-state index < -0.39 is 0 Å². The van der Waals surface area contributed by atoms with Crippen molar-refractivity contribution in [2.24, 2.45) is 4.99 Å². The standard InChI is InChI=1S/C21H30FN7/c1-23-20(27(2)17-18-6-3-7-19(22)16-18)24-10-5-11-28-12-14-29(15-13-28)21-25-8-4-9-26-21/h3-4,6-9,16H,5,10-15,17H2,1-2H3,(H,23,24). The van der Waals surface area contributed by atoms with Crippen LogP contribution in [0.4, 0.5) is 10.3 Å². The highest BCUT2D eigenvalue weighted by atomic mass is 19.1. The van der Waals surface area contributed by atoms with Gasteiger partial charge in [-0.2, -0.15) is 0 Å². The van der Waals surface area contributed by atoms with Crippen molar-refractivity contribution < 1.29 is 4.39 Å². The van der Waals surface area contributed by atoms with Crippen molar-refractivity contribution >= 4 is 11.9 Å². The monoisotopic (exact) mass is 399 g/mol. The average Bonchev–Trinajstić information content (AvgIpc) is 2.75. The van der Waals surface area contributed by atoms with E-state index in [1.807, 2.05) is 24.1 Å². The Bertz CT molecular complexity index is 776. The highest BCUT2D eigenvalue weighted by Crippen LogP contribution is 2.10. The number of nitrogens with one attached hydrogen (secondary N) is 1. The van der Waals surface area contributed by atoms with Crippen LogP contribution in [-0.4, -0.2) is 79.1 Å². The van der Waals surface area contributed by atoms with Crippen LogP contribution in [0.5, 0.6) is 0 Å². The van der Waals surface area contributed by atoms with Gasteiger partial charge in [0.05, 0.1) is 0 Å². The van der Waals surface area contributed by atoms with E-state index in [4.69, 9.17) is 0 Å². The van der Waals surface area contributed by atoms with Gasteiger partial charge in [0.25, 0.3) is 0 Å². The number of anilines is 1. The van der Waals surface area contributed by atoms with E-state index in [9.17, 15) is 4.39 Å². The van der Waals surface area contributed by atoms with Crippen LogP contribution in [0.2, 0.25) is 0 Å².